The van der Waals surface area contributed by atoms with E-state index in [1.807, 2.05) is 36.4 Å². The molecule has 3 amide bonds. The number of hydrogen-bond donors (Lipinski definition) is 3. The van der Waals surface area contributed by atoms with E-state index in [-0.39, 0.29) is 43.7 Å². The number of benzene rings is 2. The van der Waals surface area contributed by atoms with E-state index >= 15 is 0 Å². The highest BCUT2D eigenvalue weighted by Crippen LogP contribution is 2.24. The summed E-state index contributed by atoms with van der Waals surface area (Å²) in [7, 11) is 2.32. The number of nitrogens with one attached hydrogen (secondary N) is 2. The molecule has 0 aliphatic carbocycles. The van der Waals surface area contributed by atoms with E-state index in [1.165, 1.54) is 10.8 Å². The number of hydrogen-bond acceptors (Lipinski definition) is 10. The summed E-state index contributed by atoms with van der Waals surface area (Å²) in [5.74, 6) is -1.56. The molecule has 0 radical (unpaired) electrons. The first kappa shape index (κ1) is 35.8. The number of carbonyl (C=O) groups excluding carboxylic acids is 3. The predicted octanol–water partition coefficient (Wildman–Crippen LogP) is 5.06. The second-order valence-corrected chi connectivity index (χ2v) is 12.9. The number of carboxylic acids is 1. The van der Waals surface area contributed by atoms with E-state index in [9.17, 15) is 24.3 Å². The Morgan fingerprint density at radius 3 is 1.48 bits per heavy atom. The van der Waals surface area contributed by atoms with Crippen molar-refractivity contribution in [2.24, 2.45) is 0 Å². The first-order chi connectivity index (χ1) is 23.4. The Morgan fingerprint density at radius 2 is 1.04 bits per heavy atom. The number of carboxylic acid groups (broad SMARTS) is 1. The van der Waals surface area contributed by atoms with E-state index in [2.05, 4.69) is 20.6 Å². The number of aliphatic carboxylic acids is 1. The Bertz CT molecular complexity index is 1550. The Hall–Kier alpha value is -5.08. The van der Waals surface area contributed by atoms with Crippen molar-refractivity contribution in [3.05, 3.63) is 132 Å². The van der Waals surface area contributed by atoms with Gasteiger partial charge in [-0.15, -0.1) is 0 Å². The Morgan fingerprint density at radius 1 is 0.625 bits per heavy atom. The van der Waals surface area contributed by atoms with Gasteiger partial charge in [0.25, 0.3) is 0 Å². The molecule has 0 spiro atoms. The number of nitrogens with zero attached hydrogens (tertiary/aromatic N) is 3. The number of amides is 3. The number of aromatic nitrogens is 2. The molecular formula is C34H35N5O7S2. The lowest BCUT2D eigenvalue weighted by molar-refractivity contribution is -0.138. The average Bonchev–Trinajstić information content (AvgIpc) is 3.11. The monoisotopic (exact) mass is 689 g/mol. The fourth-order valence-electron chi connectivity index (χ4n) is 4.25. The van der Waals surface area contributed by atoms with Gasteiger partial charge in [-0.1, -0.05) is 82.3 Å². The molecule has 0 saturated heterocycles. The summed E-state index contributed by atoms with van der Waals surface area (Å²) in [6.07, 6.45) is 4.91. The fourth-order valence-corrected chi connectivity index (χ4v) is 6.56. The lowest BCUT2D eigenvalue weighted by Gasteiger charge is -2.28. The van der Waals surface area contributed by atoms with Crippen LogP contribution < -0.4 is 10.6 Å². The van der Waals surface area contributed by atoms with Crippen molar-refractivity contribution in [1.82, 2.24) is 25.5 Å². The molecular weight excluding hydrogens is 655 g/mol. The topological polar surface area (TPSA) is 160 Å². The van der Waals surface area contributed by atoms with Crippen LogP contribution in [0.25, 0.3) is 0 Å². The van der Waals surface area contributed by atoms with Gasteiger partial charge in [-0.25, -0.2) is 14.4 Å². The molecule has 0 unspecified atom stereocenters. The smallest absolute Gasteiger partial charge is 0.408 e. The van der Waals surface area contributed by atoms with Crippen molar-refractivity contribution < 1.29 is 33.8 Å². The fraction of sp³-hybridized carbons (Fsp3) is 0.235. The number of pyridine rings is 2. The number of alkyl carbamates (subject to hydrolysis) is 2. The summed E-state index contributed by atoms with van der Waals surface area (Å²) in [6.45, 7) is 0.495. The van der Waals surface area contributed by atoms with Crippen LogP contribution >= 0.6 is 21.6 Å². The zero-order valence-electron chi connectivity index (χ0n) is 25.8. The van der Waals surface area contributed by atoms with Gasteiger partial charge >= 0.3 is 18.2 Å². The van der Waals surface area contributed by atoms with Crippen LogP contribution in [-0.2, 0) is 45.4 Å². The lowest BCUT2D eigenvalue weighted by atomic mass is 10.2. The van der Waals surface area contributed by atoms with Crippen LogP contribution in [0.15, 0.2) is 110 Å². The third-order valence-corrected chi connectivity index (χ3v) is 9.14. The van der Waals surface area contributed by atoms with E-state index in [0.717, 1.165) is 33.0 Å². The number of carbonyl (C=O) groups is 4. The number of ether oxygens (including phenoxy) is 2. The highest BCUT2D eigenvalue weighted by Gasteiger charge is 2.28. The molecule has 250 valence electrons. The Kier molecular flexibility index (Phi) is 14.6. The van der Waals surface area contributed by atoms with Gasteiger partial charge in [0.05, 0.1) is 0 Å². The van der Waals surface area contributed by atoms with Gasteiger partial charge in [0.1, 0.15) is 25.3 Å². The second kappa shape index (κ2) is 19.6. The summed E-state index contributed by atoms with van der Waals surface area (Å²) in [5.41, 5.74) is 3.23. The predicted molar refractivity (Wildman–Crippen MR) is 182 cm³/mol. The molecule has 14 heteroatoms. The molecule has 48 heavy (non-hydrogen) atoms. The normalized spacial score (nSPS) is 11.8. The molecule has 0 fully saturated rings. The molecule has 12 nitrogen and oxygen atoms in total. The van der Waals surface area contributed by atoms with Crippen LogP contribution in [0.5, 0.6) is 0 Å². The molecule has 0 saturated carbocycles. The van der Waals surface area contributed by atoms with Gasteiger partial charge in [0, 0.05) is 49.4 Å². The van der Waals surface area contributed by atoms with E-state index in [4.69, 9.17) is 9.47 Å². The zero-order chi connectivity index (χ0) is 34.0. The summed E-state index contributed by atoms with van der Waals surface area (Å²) in [6, 6.07) is 23.1. The van der Waals surface area contributed by atoms with Crippen molar-refractivity contribution in [1.29, 1.82) is 0 Å². The van der Waals surface area contributed by atoms with Gasteiger partial charge in [0.2, 0.25) is 5.91 Å². The third-order valence-electron chi connectivity index (χ3n) is 6.72. The maximum absolute atomic E-state index is 14.1. The summed E-state index contributed by atoms with van der Waals surface area (Å²) in [5, 5.41) is 14.8. The van der Waals surface area contributed by atoms with Crippen molar-refractivity contribution in [3.63, 3.8) is 0 Å². The molecule has 4 aromatic rings. The van der Waals surface area contributed by atoms with Crippen molar-refractivity contribution in [3.8, 4) is 0 Å². The molecule has 2 aromatic carbocycles. The maximum atomic E-state index is 14.1. The van der Waals surface area contributed by atoms with Crippen LogP contribution in [0, 0.1) is 0 Å². The van der Waals surface area contributed by atoms with Crippen molar-refractivity contribution in [2.75, 3.05) is 11.5 Å². The van der Waals surface area contributed by atoms with E-state index in [0.29, 0.717) is 0 Å². The first-order valence-electron chi connectivity index (χ1n) is 14.9. The van der Waals surface area contributed by atoms with Crippen LogP contribution in [0.3, 0.4) is 0 Å². The van der Waals surface area contributed by atoms with Crippen LogP contribution in [0.2, 0.25) is 0 Å². The highest BCUT2D eigenvalue weighted by molar-refractivity contribution is 8.76. The van der Waals surface area contributed by atoms with Crippen LogP contribution in [0.1, 0.15) is 22.3 Å². The first-order valence-corrected chi connectivity index (χ1v) is 17.3. The van der Waals surface area contributed by atoms with Gasteiger partial charge in [-0.3, -0.25) is 14.8 Å². The Balaban J connectivity index is 1.40. The third kappa shape index (κ3) is 12.6. The molecule has 0 aliphatic rings. The number of rotatable bonds is 17. The van der Waals surface area contributed by atoms with Crippen molar-refractivity contribution in [2.45, 2.75) is 38.4 Å². The van der Waals surface area contributed by atoms with E-state index in [1.54, 1.807) is 78.2 Å². The SMILES string of the molecule is O=C(N[C@@H](CSSC[C@H](NC(=O)OCc1ccccc1)C(=O)N(Cc1ccncc1)Cc1ccncc1)C(=O)O)OCc1ccccc1. The molecule has 4 rings (SSSR count). The average molecular weight is 690 g/mol. The zero-order valence-corrected chi connectivity index (χ0v) is 27.5. The Labute approximate surface area is 286 Å². The van der Waals surface area contributed by atoms with Gasteiger partial charge in [-0.2, -0.15) is 0 Å². The molecule has 2 aromatic heterocycles. The van der Waals surface area contributed by atoms with Gasteiger partial charge in [0.15, 0.2) is 0 Å². The quantitative estimate of drug-likeness (QED) is 0.100. The maximum Gasteiger partial charge on any atom is 0.408 e. The minimum Gasteiger partial charge on any atom is -0.480 e. The van der Waals surface area contributed by atoms with Gasteiger partial charge < -0.3 is 30.1 Å². The molecule has 0 aliphatic heterocycles. The van der Waals surface area contributed by atoms with Gasteiger partial charge in [-0.05, 0) is 46.5 Å². The van der Waals surface area contributed by atoms with Crippen LogP contribution in [0.4, 0.5) is 9.59 Å². The second-order valence-electron chi connectivity index (χ2n) is 10.3. The van der Waals surface area contributed by atoms with Crippen molar-refractivity contribution >= 4 is 45.7 Å². The largest absolute Gasteiger partial charge is 0.480 e. The minimum atomic E-state index is -1.25. The molecule has 2 atom stereocenters. The highest BCUT2D eigenvalue weighted by atomic mass is 33.1. The molecule has 0 bridgehead atoms. The summed E-state index contributed by atoms with van der Waals surface area (Å²) in [4.78, 5) is 60.9. The minimum absolute atomic E-state index is 0.00771. The molecule has 3 N–H and O–H groups in total. The standard InChI is InChI=1S/C34H35N5O7S2/c40-31(39(19-25-11-15-35-16-12-25)20-26-13-17-36-18-14-26)29(37-33(43)45-21-27-7-3-1-4-8-27)23-47-48-24-30(32(41)42)38-34(44)46-22-28-9-5-2-6-10-28/h1-18,29-30H,19-24H2,(H,37,43)(H,38,44)(H,41,42)/t29-,30-/m0/s1. The molecule has 2 heterocycles. The summed E-state index contributed by atoms with van der Waals surface area (Å²) < 4.78 is 10.6. The van der Waals surface area contributed by atoms with E-state index < -0.39 is 30.2 Å². The lowest BCUT2D eigenvalue weighted by Crippen LogP contribution is -2.49. The summed E-state index contributed by atoms with van der Waals surface area (Å²) >= 11 is 0. The van der Waals surface area contributed by atoms with Crippen LogP contribution in [-0.4, -0.2) is 67.6 Å².